The largest absolute Gasteiger partial charge is 0.310 e. The zero-order valence-corrected chi connectivity index (χ0v) is 13.5. The smallest absolute Gasteiger partial charge is 0.128 e. The molecule has 0 aliphatic rings. The van der Waals surface area contributed by atoms with Gasteiger partial charge in [-0.2, -0.15) is 11.8 Å². The van der Waals surface area contributed by atoms with Crippen LogP contribution in [0, 0.1) is 18.6 Å². The average Bonchev–Trinajstić information content (AvgIpc) is 2.41. The van der Waals surface area contributed by atoms with Gasteiger partial charge in [0, 0.05) is 11.6 Å². The fourth-order valence-electron chi connectivity index (χ4n) is 2.15. The fraction of sp³-hybridized carbons (Fsp3) is 0.625. The maximum atomic E-state index is 13.8. The molecule has 0 radical (unpaired) electrons. The first-order valence-corrected chi connectivity index (χ1v) is 8.63. The Morgan fingerprint density at radius 2 is 1.80 bits per heavy atom. The van der Waals surface area contributed by atoms with Crippen molar-refractivity contribution >= 4 is 11.8 Å². The predicted octanol–water partition coefficient (Wildman–Crippen LogP) is 4.85. The maximum Gasteiger partial charge on any atom is 0.128 e. The third-order valence-corrected chi connectivity index (χ3v) is 4.17. The molecule has 20 heavy (non-hydrogen) atoms. The molecule has 1 atom stereocenters. The monoisotopic (exact) mass is 301 g/mol. The highest BCUT2D eigenvalue weighted by Crippen LogP contribution is 2.20. The van der Waals surface area contributed by atoms with Crippen molar-refractivity contribution in [3.05, 3.63) is 34.9 Å². The minimum atomic E-state index is -0.341. The van der Waals surface area contributed by atoms with Crippen molar-refractivity contribution in [1.29, 1.82) is 0 Å². The van der Waals surface area contributed by atoms with Crippen LogP contribution in [0.3, 0.4) is 0 Å². The Morgan fingerprint density at radius 3 is 2.50 bits per heavy atom. The molecule has 1 aromatic carbocycles. The molecule has 0 fully saturated rings. The number of nitrogens with one attached hydrogen (secondary N) is 1. The number of hydrogen-bond acceptors (Lipinski definition) is 2. The summed E-state index contributed by atoms with van der Waals surface area (Å²) in [6.45, 7) is 4.30. The molecule has 0 aromatic heterocycles. The molecule has 4 heteroatoms. The van der Waals surface area contributed by atoms with Crippen LogP contribution in [0.5, 0.6) is 0 Å². The summed E-state index contributed by atoms with van der Waals surface area (Å²) in [6, 6.07) is 2.42. The zero-order valence-electron chi connectivity index (χ0n) is 12.6. The summed E-state index contributed by atoms with van der Waals surface area (Å²) < 4.78 is 27.3. The van der Waals surface area contributed by atoms with Gasteiger partial charge < -0.3 is 5.32 Å². The molecular formula is C16H25F2NS. The summed E-state index contributed by atoms with van der Waals surface area (Å²) in [5, 5.41) is 3.27. The third kappa shape index (κ3) is 5.80. The molecule has 1 aromatic rings. The second-order valence-corrected chi connectivity index (χ2v) is 6.19. The van der Waals surface area contributed by atoms with Gasteiger partial charge in [0.05, 0.1) is 0 Å². The zero-order chi connectivity index (χ0) is 15.0. The summed E-state index contributed by atoms with van der Waals surface area (Å²) >= 11 is 1.88. The molecular weight excluding hydrogens is 276 g/mol. The Morgan fingerprint density at radius 1 is 1.10 bits per heavy atom. The van der Waals surface area contributed by atoms with Crippen LogP contribution in [0.2, 0.25) is 0 Å². The second kappa shape index (κ2) is 9.35. The summed E-state index contributed by atoms with van der Waals surface area (Å²) in [4.78, 5) is 0. The van der Waals surface area contributed by atoms with Crippen LogP contribution in [0.25, 0.3) is 0 Å². The minimum Gasteiger partial charge on any atom is -0.310 e. The predicted molar refractivity (Wildman–Crippen MR) is 84.4 cm³/mol. The number of thioether (sulfide) groups is 1. The van der Waals surface area contributed by atoms with Crippen LogP contribution in [-0.4, -0.2) is 18.6 Å². The molecule has 1 N–H and O–H groups in total. The van der Waals surface area contributed by atoms with Gasteiger partial charge in [-0.05, 0) is 62.9 Å². The highest BCUT2D eigenvalue weighted by atomic mass is 32.2. The molecule has 1 unspecified atom stereocenters. The summed E-state index contributed by atoms with van der Waals surface area (Å²) in [5.74, 6) is 0.550. The third-order valence-electron chi connectivity index (χ3n) is 3.47. The van der Waals surface area contributed by atoms with Crippen molar-refractivity contribution < 1.29 is 8.78 Å². The molecule has 0 saturated carbocycles. The van der Waals surface area contributed by atoms with E-state index in [4.69, 9.17) is 0 Å². The lowest BCUT2D eigenvalue weighted by molar-refractivity contribution is 0.502. The topological polar surface area (TPSA) is 12.0 Å². The van der Waals surface area contributed by atoms with E-state index in [1.807, 2.05) is 18.7 Å². The van der Waals surface area contributed by atoms with E-state index < -0.39 is 0 Å². The van der Waals surface area contributed by atoms with E-state index in [0.717, 1.165) is 13.0 Å². The Labute approximate surface area is 125 Å². The molecule has 0 bridgehead atoms. The highest BCUT2D eigenvalue weighted by molar-refractivity contribution is 7.98. The Hall–Kier alpha value is -0.610. The lowest BCUT2D eigenvalue weighted by Gasteiger charge is -2.16. The number of benzene rings is 1. The first kappa shape index (κ1) is 17.4. The molecule has 1 nitrogen and oxygen atoms in total. The lowest BCUT2D eigenvalue weighted by Crippen LogP contribution is -2.21. The van der Waals surface area contributed by atoms with E-state index in [0.29, 0.717) is 11.1 Å². The minimum absolute atomic E-state index is 0.156. The van der Waals surface area contributed by atoms with E-state index in [-0.39, 0.29) is 17.7 Å². The maximum absolute atomic E-state index is 13.8. The van der Waals surface area contributed by atoms with Crippen molar-refractivity contribution in [1.82, 2.24) is 5.32 Å². The number of rotatable bonds is 9. The van der Waals surface area contributed by atoms with Crippen LogP contribution in [0.1, 0.15) is 49.8 Å². The highest BCUT2D eigenvalue weighted by Gasteiger charge is 2.13. The number of halogens is 2. The average molecular weight is 301 g/mol. The van der Waals surface area contributed by atoms with E-state index in [1.165, 1.54) is 37.1 Å². The van der Waals surface area contributed by atoms with Crippen LogP contribution in [0.4, 0.5) is 8.78 Å². The van der Waals surface area contributed by atoms with Gasteiger partial charge in [0.25, 0.3) is 0 Å². The molecule has 0 heterocycles. The number of aryl methyl sites for hydroxylation is 1. The van der Waals surface area contributed by atoms with Crippen LogP contribution in [-0.2, 0) is 0 Å². The quantitative estimate of drug-likeness (QED) is 0.655. The molecule has 0 spiro atoms. The second-order valence-electron chi connectivity index (χ2n) is 5.21. The van der Waals surface area contributed by atoms with Crippen molar-refractivity contribution in [2.75, 3.05) is 18.6 Å². The van der Waals surface area contributed by atoms with Crippen molar-refractivity contribution in [2.45, 2.75) is 45.6 Å². The number of hydrogen-bond donors (Lipinski definition) is 1. The van der Waals surface area contributed by atoms with Crippen LogP contribution < -0.4 is 5.32 Å². The van der Waals surface area contributed by atoms with Crippen LogP contribution in [0.15, 0.2) is 12.1 Å². The van der Waals surface area contributed by atoms with Gasteiger partial charge >= 0.3 is 0 Å². The molecule has 0 aliphatic heterocycles. The van der Waals surface area contributed by atoms with Gasteiger partial charge in [-0.25, -0.2) is 8.78 Å². The fourth-order valence-corrected chi connectivity index (χ4v) is 2.64. The Kier molecular flexibility index (Phi) is 8.15. The van der Waals surface area contributed by atoms with Gasteiger partial charge in [-0.3, -0.25) is 0 Å². The lowest BCUT2D eigenvalue weighted by atomic mass is 10.0. The molecule has 0 aliphatic carbocycles. The summed E-state index contributed by atoms with van der Waals surface area (Å²) in [6.07, 6.45) is 6.89. The normalized spacial score (nSPS) is 12.7. The first-order valence-electron chi connectivity index (χ1n) is 7.24. The number of unbranched alkanes of at least 4 members (excludes halogenated alkanes) is 3. The summed E-state index contributed by atoms with van der Waals surface area (Å²) in [5.41, 5.74) is 0.766. The van der Waals surface area contributed by atoms with Crippen LogP contribution >= 0.6 is 11.8 Å². The van der Waals surface area contributed by atoms with Crippen molar-refractivity contribution in [3.63, 3.8) is 0 Å². The SMILES string of the molecule is CSCCCCCCNC(C)c1cc(F)c(C)cc1F. The molecule has 114 valence electrons. The van der Waals surface area contributed by atoms with E-state index in [9.17, 15) is 8.78 Å². The van der Waals surface area contributed by atoms with E-state index >= 15 is 0 Å². The van der Waals surface area contributed by atoms with E-state index in [1.54, 1.807) is 6.92 Å². The van der Waals surface area contributed by atoms with Gasteiger partial charge in [0.2, 0.25) is 0 Å². The molecule has 0 saturated heterocycles. The van der Waals surface area contributed by atoms with Gasteiger partial charge in [-0.15, -0.1) is 0 Å². The summed E-state index contributed by atoms with van der Waals surface area (Å²) in [7, 11) is 0. The Balaban J connectivity index is 2.32. The van der Waals surface area contributed by atoms with E-state index in [2.05, 4.69) is 11.6 Å². The van der Waals surface area contributed by atoms with Gasteiger partial charge in [0.1, 0.15) is 11.6 Å². The van der Waals surface area contributed by atoms with Gasteiger partial charge in [0.15, 0.2) is 0 Å². The molecule has 1 rings (SSSR count). The van der Waals surface area contributed by atoms with Crippen molar-refractivity contribution in [2.24, 2.45) is 0 Å². The standard InChI is InChI=1S/C16H25F2NS/c1-12-10-16(18)14(11-15(12)17)13(2)19-8-6-4-5-7-9-20-3/h10-11,13,19H,4-9H2,1-3H3. The van der Waals surface area contributed by atoms with Gasteiger partial charge in [-0.1, -0.05) is 12.8 Å². The molecule has 0 amide bonds. The van der Waals surface area contributed by atoms with Crippen molar-refractivity contribution in [3.8, 4) is 0 Å². The Bertz CT molecular complexity index is 410. The first-order chi connectivity index (χ1) is 9.56.